The smallest absolute Gasteiger partial charge is 0.00924 e. The van der Waals surface area contributed by atoms with Crippen LogP contribution < -0.4 is 10.4 Å². The molecule has 0 amide bonds. The molecule has 176 valence electrons. The average molecular weight is 599 g/mol. The number of fused-ring (bicyclic) bond motifs is 2. The molecule has 0 aliphatic heterocycles. The summed E-state index contributed by atoms with van der Waals surface area (Å²) in [4.78, 5) is 0. The second kappa shape index (κ2) is 13.7. The van der Waals surface area contributed by atoms with Crippen molar-refractivity contribution < 1.29 is 18.9 Å². The van der Waals surface area contributed by atoms with E-state index in [2.05, 4.69) is 77.0 Å². The van der Waals surface area contributed by atoms with Crippen LogP contribution >= 0.6 is 17.0 Å². The Hall–Kier alpha value is -0.573. The van der Waals surface area contributed by atoms with Crippen LogP contribution in [0.2, 0.25) is 11.1 Å². The van der Waals surface area contributed by atoms with Gasteiger partial charge in [-0.25, -0.2) is 0 Å². The van der Waals surface area contributed by atoms with Crippen molar-refractivity contribution in [1.29, 1.82) is 0 Å². The third kappa shape index (κ3) is 7.71. The van der Waals surface area contributed by atoms with E-state index in [9.17, 15) is 0 Å². The van der Waals surface area contributed by atoms with Crippen molar-refractivity contribution in [2.24, 2.45) is 0 Å². The van der Waals surface area contributed by atoms with Crippen molar-refractivity contribution in [3.05, 3.63) is 72.8 Å². The molecule has 0 aromatic heterocycles. The Morgan fingerprint density at radius 2 is 1.03 bits per heavy atom. The molecule has 6 rings (SSSR count). The molecule has 34 heavy (non-hydrogen) atoms. The van der Waals surface area contributed by atoms with Gasteiger partial charge in [0.15, 0.2) is 0 Å². The van der Waals surface area contributed by atoms with Gasteiger partial charge in [-0.2, -0.15) is 33.3 Å². The standard InChI is InChI=1S/2C14H15Si.CH2.2ClH.Zr/c2*1-4-8-13-11(5-1)9-10-14(13)15-12-6-2-3-7-12;;;;/h2*1,4-5,8-10,12H,2-3,6-7H2;1H2;2*1H;/q2*-1;;;;+2/p-2. The van der Waals surface area contributed by atoms with Gasteiger partial charge in [0.25, 0.3) is 0 Å². The zero-order chi connectivity index (χ0) is 23.8. The van der Waals surface area contributed by atoms with Crippen molar-refractivity contribution in [3.8, 4) is 0 Å². The van der Waals surface area contributed by atoms with Crippen molar-refractivity contribution in [2.45, 2.75) is 62.4 Å². The van der Waals surface area contributed by atoms with Gasteiger partial charge in [-0.05, 0) is 0 Å². The Morgan fingerprint density at radius 1 is 0.676 bits per heavy atom. The summed E-state index contributed by atoms with van der Waals surface area (Å²) in [5.74, 6) is 0. The maximum absolute atomic E-state index is 5.13. The van der Waals surface area contributed by atoms with Crippen LogP contribution in [0.3, 0.4) is 0 Å². The van der Waals surface area contributed by atoms with E-state index in [1.54, 1.807) is 10.4 Å². The Bertz CT molecular complexity index is 1090. The molecular weight excluding hydrogens is 567 g/mol. The Kier molecular flexibility index (Phi) is 10.6. The van der Waals surface area contributed by atoms with Crippen LogP contribution in [0.15, 0.2) is 72.8 Å². The second-order valence-electron chi connectivity index (χ2n) is 9.26. The molecule has 0 nitrogen and oxygen atoms in total. The van der Waals surface area contributed by atoms with Gasteiger partial charge in [0.2, 0.25) is 0 Å². The summed E-state index contributed by atoms with van der Waals surface area (Å²) in [6.07, 6.45) is 11.6. The summed E-state index contributed by atoms with van der Waals surface area (Å²) in [5.41, 5.74) is 1.96. The summed E-state index contributed by atoms with van der Waals surface area (Å²) in [7, 11) is 12.3. The van der Waals surface area contributed by atoms with E-state index >= 15 is 0 Å². The molecule has 0 bridgehead atoms. The molecule has 2 saturated carbocycles. The summed E-state index contributed by atoms with van der Waals surface area (Å²) in [6.45, 7) is 0. The topological polar surface area (TPSA) is 0 Å². The van der Waals surface area contributed by atoms with Crippen LogP contribution in [0.1, 0.15) is 51.4 Å². The summed E-state index contributed by atoms with van der Waals surface area (Å²) in [5, 5.41) is 9.00. The normalized spacial score (nSPS) is 16.3. The van der Waals surface area contributed by atoms with Crippen LogP contribution in [-0.4, -0.2) is 23.3 Å². The molecule has 2 fully saturated rings. The Balaban J connectivity index is 0.000000140. The van der Waals surface area contributed by atoms with Crippen LogP contribution in [0.4, 0.5) is 0 Å². The molecule has 0 unspecified atom stereocenters. The minimum atomic E-state index is -1.85. The fraction of sp³-hybridized carbons (Fsp3) is 0.345. The van der Waals surface area contributed by atoms with Gasteiger partial charge >= 0.3 is 40.1 Å². The molecule has 2 aliphatic carbocycles. The third-order valence-corrected chi connectivity index (χ3v) is 10.3. The third-order valence-electron chi connectivity index (χ3n) is 6.79. The number of hydrogen-bond acceptors (Lipinski definition) is 0. The van der Waals surface area contributed by atoms with Crippen LogP contribution in [-0.2, 0) is 18.9 Å². The zero-order valence-electron chi connectivity index (χ0n) is 19.7. The fourth-order valence-corrected chi connectivity index (χ4v) is 8.53. The molecule has 0 heterocycles. The molecule has 4 radical (unpaired) electrons. The molecule has 4 aromatic rings. The molecule has 4 aromatic carbocycles. The molecule has 0 spiro atoms. The minimum Gasteiger partial charge on any atom is -0.161 e. The van der Waals surface area contributed by atoms with Gasteiger partial charge in [0.05, 0.1) is 0 Å². The monoisotopic (exact) mass is 596 g/mol. The summed E-state index contributed by atoms with van der Waals surface area (Å²) >= 11 is -1.85. The van der Waals surface area contributed by atoms with E-state index in [0.29, 0.717) is 0 Å². The van der Waals surface area contributed by atoms with Gasteiger partial charge in [0, 0.05) is 19.0 Å². The first kappa shape index (κ1) is 26.5. The first-order chi connectivity index (χ1) is 16.6. The van der Waals surface area contributed by atoms with E-state index in [1.807, 2.05) is 0 Å². The van der Waals surface area contributed by atoms with E-state index in [1.165, 1.54) is 72.9 Å². The molecule has 0 N–H and O–H groups in total. The number of hydrogen-bond donors (Lipinski definition) is 0. The quantitative estimate of drug-likeness (QED) is 0.166. The van der Waals surface area contributed by atoms with Crippen LogP contribution in [0.5, 0.6) is 0 Å². The molecule has 0 saturated heterocycles. The maximum atomic E-state index is 5.13. The van der Waals surface area contributed by atoms with Gasteiger partial charge in [-0.3, -0.25) is 0 Å². The van der Waals surface area contributed by atoms with E-state index < -0.39 is 18.9 Å². The molecule has 5 heteroatoms. The first-order valence-electron chi connectivity index (χ1n) is 12.4. The van der Waals surface area contributed by atoms with Crippen molar-refractivity contribution in [2.75, 3.05) is 0 Å². The number of rotatable bonds is 4. The van der Waals surface area contributed by atoms with Crippen molar-refractivity contribution >= 4 is 72.2 Å². The van der Waals surface area contributed by atoms with Gasteiger partial charge in [-0.1, -0.05) is 74.6 Å². The molecular formula is C29H32Cl2Si2Zr-2. The van der Waals surface area contributed by atoms with Crippen molar-refractivity contribution in [1.82, 2.24) is 0 Å². The summed E-state index contributed by atoms with van der Waals surface area (Å²) < 4.78 is 3.37. The van der Waals surface area contributed by atoms with Gasteiger partial charge in [-0.15, -0.1) is 59.3 Å². The van der Waals surface area contributed by atoms with E-state index in [-0.39, 0.29) is 0 Å². The van der Waals surface area contributed by atoms with Crippen LogP contribution in [0.25, 0.3) is 21.5 Å². The molecule has 2 aliphatic rings. The Labute approximate surface area is 224 Å². The van der Waals surface area contributed by atoms with Gasteiger partial charge in [0.1, 0.15) is 0 Å². The van der Waals surface area contributed by atoms with Gasteiger partial charge < -0.3 is 0 Å². The summed E-state index contributed by atoms with van der Waals surface area (Å²) in [6, 6.07) is 26.8. The first-order valence-corrected chi connectivity index (χ1v) is 22.6. The van der Waals surface area contributed by atoms with E-state index in [4.69, 9.17) is 17.0 Å². The molecule has 0 atom stereocenters. The Morgan fingerprint density at radius 3 is 1.41 bits per heavy atom. The minimum absolute atomic E-state index is 0.982. The van der Waals surface area contributed by atoms with E-state index in [0.717, 1.165) is 30.1 Å². The SMILES string of the molecule is [CH2]=[Zr]([Cl])[Cl].c1ccc2c([Si]C3CCCC3)c[cH-]c2c1.c1ccc2c([Si]C3CCCC3)c[cH-]c2c1. The largest absolute Gasteiger partial charge is 0.161 e. The number of benzene rings is 2. The van der Waals surface area contributed by atoms with Crippen LogP contribution in [0, 0.1) is 0 Å². The predicted octanol–water partition coefficient (Wildman–Crippen LogP) is 7.85. The van der Waals surface area contributed by atoms with Crippen molar-refractivity contribution in [3.63, 3.8) is 0 Å². The second-order valence-corrected chi connectivity index (χ2v) is 20.8. The maximum Gasteiger partial charge on any atom is 0.00924 e. The number of halogens is 2. The zero-order valence-corrected chi connectivity index (χ0v) is 25.7. The average Bonchev–Trinajstić information content (AvgIpc) is 3.64. The predicted molar refractivity (Wildman–Crippen MR) is 153 cm³/mol. The fourth-order valence-electron chi connectivity index (χ4n) is 5.13.